The van der Waals surface area contributed by atoms with Gasteiger partial charge >= 0.3 is 5.69 Å². The monoisotopic (exact) mass is 296 g/mol. The highest BCUT2D eigenvalue weighted by atomic mass is 16.3. The number of aromatic amines is 1. The van der Waals surface area contributed by atoms with Crippen molar-refractivity contribution in [2.75, 3.05) is 17.6 Å². The zero-order valence-electron chi connectivity index (χ0n) is 12.6. The van der Waals surface area contributed by atoms with E-state index in [1.165, 1.54) is 4.57 Å². The van der Waals surface area contributed by atoms with Gasteiger partial charge in [0.25, 0.3) is 5.56 Å². The number of aliphatic hydroxyl groups excluding tert-OH is 1. The first-order valence-corrected chi connectivity index (χ1v) is 7.43. The molecule has 0 aromatic carbocycles. The molecule has 1 saturated carbocycles. The summed E-state index contributed by atoms with van der Waals surface area (Å²) in [7, 11) is 0. The van der Waals surface area contributed by atoms with E-state index in [-0.39, 0.29) is 23.5 Å². The Hall–Kier alpha value is -1.76. The van der Waals surface area contributed by atoms with Crippen LogP contribution in [0.3, 0.4) is 0 Å². The van der Waals surface area contributed by atoms with Crippen molar-refractivity contribution in [2.45, 2.75) is 45.8 Å². The lowest BCUT2D eigenvalue weighted by molar-refractivity contribution is 0.178. The number of nitrogen functional groups attached to an aromatic ring is 1. The standard InChI is InChI=1S/C14H24N4O3/c1-8(2)7-18-12(15)11(13(20)17-14(18)21)16-6-9-3-4-10(19)5-9/h8-10,16,19H,3-7,15H2,1-2H3,(H,17,20,21). The number of aromatic nitrogens is 2. The number of nitrogens with one attached hydrogen (secondary N) is 2. The molecule has 0 radical (unpaired) electrons. The molecule has 0 saturated heterocycles. The van der Waals surface area contributed by atoms with E-state index < -0.39 is 11.2 Å². The quantitative estimate of drug-likeness (QED) is 0.626. The van der Waals surface area contributed by atoms with E-state index in [1.807, 2.05) is 13.8 Å². The molecular formula is C14H24N4O3. The second-order valence-electron chi connectivity index (χ2n) is 6.24. The van der Waals surface area contributed by atoms with Gasteiger partial charge in [0, 0.05) is 13.1 Å². The molecule has 1 heterocycles. The topological polar surface area (TPSA) is 113 Å². The summed E-state index contributed by atoms with van der Waals surface area (Å²) in [5.41, 5.74) is 5.25. The fourth-order valence-corrected chi connectivity index (χ4v) is 2.79. The largest absolute Gasteiger partial charge is 0.393 e. The summed E-state index contributed by atoms with van der Waals surface area (Å²) in [5, 5.41) is 12.6. The molecule has 1 aliphatic rings. The fourth-order valence-electron chi connectivity index (χ4n) is 2.79. The summed E-state index contributed by atoms with van der Waals surface area (Å²) >= 11 is 0. The molecule has 1 aromatic rings. The summed E-state index contributed by atoms with van der Waals surface area (Å²) in [6.45, 7) is 4.98. The third-order valence-corrected chi connectivity index (χ3v) is 3.87. The predicted molar refractivity (Wildman–Crippen MR) is 82.4 cm³/mol. The van der Waals surface area contributed by atoms with Crippen LogP contribution in [-0.2, 0) is 6.54 Å². The van der Waals surface area contributed by atoms with Gasteiger partial charge in [-0.25, -0.2) is 4.79 Å². The molecule has 0 spiro atoms. The zero-order valence-corrected chi connectivity index (χ0v) is 12.6. The van der Waals surface area contributed by atoms with Crippen LogP contribution in [0.25, 0.3) is 0 Å². The first-order valence-electron chi connectivity index (χ1n) is 7.43. The lowest BCUT2D eigenvalue weighted by Crippen LogP contribution is -2.35. The van der Waals surface area contributed by atoms with E-state index in [1.54, 1.807) is 0 Å². The van der Waals surface area contributed by atoms with Crippen molar-refractivity contribution in [2.24, 2.45) is 11.8 Å². The highest BCUT2D eigenvalue weighted by Crippen LogP contribution is 2.25. The van der Waals surface area contributed by atoms with Gasteiger partial charge in [-0.15, -0.1) is 0 Å². The molecule has 1 fully saturated rings. The molecule has 1 aliphatic carbocycles. The highest BCUT2D eigenvalue weighted by Gasteiger charge is 2.23. The summed E-state index contributed by atoms with van der Waals surface area (Å²) < 4.78 is 1.39. The number of nitrogens with two attached hydrogens (primary N) is 1. The van der Waals surface area contributed by atoms with Crippen LogP contribution >= 0.6 is 0 Å². The number of hydrogen-bond donors (Lipinski definition) is 4. The van der Waals surface area contributed by atoms with Crippen LogP contribution in [-0.4, -0.2) is 27.3 Å². The van der Waals surface area contributed by atoms with E-state index in [2.05, 4.69) is 10.3 Å². The van der Waals surface area contributed by atoms with Gasteiger partial charge in [0.1, 0.15) is 11.5 Å². The Bertz CT molecular complexity index is 605. The smallest absolute Gasteiger partial charge is 0.330 e. The lowest BCUT2D eigenvalue weighted by Gasteiger charge is -2.17. The Labute approximate surface area is 123 Å². The molecule has 21 heavy (non-hydrogen) atoms. The number of rotatable bonds is 5. The maximum Gasteiger partial charge on any atom is 0.330 e. The van der Waals surface area contributed by atoms with Gasteiger partial charge in [-0.1, -0.05) is 13.8 Å². The van der Waals surface area contributed by atoms with Crippen molar-refractivity contribution in [3.8, 4) is 0 Å². The molecular weight excluding hydrogens is 272 g/mol. The van der Waals surface area contributed by atoms with Gasteiger partial charge in [-0.2, -0.15) is 0 Å². The minimum absolute atomic E-state index is 0.177. The first kappa shape index (κ1) is 15.6. The van der Waals surface area contributed by atoms with Crippen molar-refractivity contribution in [1.29, 1.82) is 0 Å². The fraction of sp³-hybridized carbons (Fsp3) is 0.714. The molecule has 2 atom stereocenters. The summed E-state index contributed by atoms with van der Waals surface area (Å²) in [5.74, 6) is 0.744. The van der Waals surface area contributed by atoms with E-state index >= 15 is 0 Å². The molecule has 0 amide bonds. The van der Waals surface area contributed by atoms with Crippen LogP contribution in [0.15, 0.2) is 9.59 Å². The number of nitrogens with zero attached hydrogens (tertiary/aromatic N) is 1. The SMILES string of the molecule is CC(C)Cn1c(N)c(NCC2CCC(O)C2)c(=O)[nH]c1=O. The van der Waals surface area contributed by atoms with Gasteiger partial charge < -0.3 is 16.2 Å². The van der Waals surface area contributed by atoms with Gasteiger partial charge in [0.2, 0.25) is 0 Å². The van der Waals surface area contributed by atoms with Crippen molar-refractivity contribution < 1.29 is 5.11 Å². The normalized spacial score (nSPS) is 21.9. The number of hydrogen-bond acceptors (Lipinski definition) is 5. The van der Waals surface area contributed by atoms with Gasteiger partial charge in [0.05, 0.1) is 6.10 Å². The molecule has 2 unspecified atom stereocenters. The molecule has 0 aliphatic heterocycles. The van der Waals surface area contributed by atoms with Crippen LogP contribution < -0.4 is 22.3 Å². The summed E-state index contributed by atoms with van der Waals surface area (Å²) in [4.78, 5) is 26.0. The molecule has 0 bridgehead atoms. The predicted octanol–water partition coefficient (Wildman–Crippen LogP) is 0.348. The van der Waals surface area contributed by atoms with Crippen LogP contribution in [0.5, 0.6) is 0 Å². The van der Waals surface area contributed by atoms with Crippen LogP contribution in [0.2, 0.25) is 0 Å². The average Bonchev–Trinajstić information content (AvgIpc) is 2.80. The van der Waals surface area contributed by atoms with Crippen molar-refractivity contribution in [3.05, 3.63) is 20.8 Å². The molecule has 5 N–H and O–H groups in total. The second kappa shape index (κ2) is 6.34. The summed E-state index contributed by atoms with van der Waals surface area (Å²) in [6, 6.07) is 0. The zero-order chi connectivity index (χ0) is 15.6. The Balaban J connectivity index is 2.18. The Morgan fingerprint density at radius 2 is 2.14 bits per heavy atom. The Morgan fingerprint density at radius 1 is 1.43 bits per heavy atom. The number of anilines is 2. The van der Waals surface area contributed by atoms with E-state index in [0.29, 0.717) is 19.0 Å². The molecule has 118 valence electrons. The van der Waals surface area contributed by atoms with E-state index in [9.17, 15) is 14.7 Å². The van der Waals surface area contributed by atoms with Crippen molar-refractivity contribution >= 4 is 11.5 Å². The van der Waals surface area contributed by atoms with Crippen LogP contribution in [0, 0.1) is 11.8 Å². The maximum absolute atomic E-state index is 11.9. The van der Waals surface area contributed by atoms with Gasteiger partial charge in [0.15, 0.2) is 0 Å². The van der Waals surface area contributed by atoms with E-state index in [0.717, 1.165) is 19.3 Å². The van der Waals surface area contributed by atoms with Crippen LogP contribution in [0.1, 0.15) is 33.1 Å². The van der Waals surface area contributed by atoms with Crippen LogP contribution in [0.4, 0.5) is 11.5 Å². The second-order valence-corrected chi connectivity index (χ2v) is 6.24. The van der Waals surface area contributed by atoms with E-state index in [4.69, 9.17) is 5.73 Å². The van der Waals surface area contributed by atoms with Crippen molar-refractivity contribution in [3.63, 3.8) is 0 Å². The average molecular weight is 296 g/mol. The summed E-state index contributed by atoms with van der Waals surface area (Å²) in [6.07, 6.45) is 2.21. The molecule has 7 heteroatoms. The van der Waals surface area contributed by atoms with Gasteiger partial charge in [-0.05, 0) is 31.1 Å². The number of H-pyrrole nitrogens is 1. The Kier molecular flexibility index (Phi) is 4.72. The minimum atomic E-state index is -0.490. The first-order chi connectivity index (χ1) is 9.88. The third kappa shape index (κ3) is 3.66. The number of aliphatic hydroxyl groups is 1. The lowest BCUT2D eigenvalue weighted by atomic mass is 10.1. The van der Waals surface area contributed by atoms with Gasteiger partial charge in [-0.3, -0.25) is 14.3 Å². The Morgan fingerprint density at radius 3 is 2.71 bits per heavy atom. The molecule has 1 aromatic heterocycles. The third-order valence-electron chi connectivity index (χ3n) is 3.87. The van der Waals surface area contributed by atoms with Crippen molar-refractivity contribution in [1.82, 2.24) is 9.55 Å². The molecule has 2 rings (SSSR count). The minimum Gasteiger partial charge on any atom is -0.393 e. The molecule has 7 nitrogen and oxygen atoms in total. The highest BCUT2D eigenvalue weighted by molar-refractivity contribution is 5.60. The maximum atomic E-state index is 11.9.